The highest BCUT2D eigenvalue weighted by atomic mass is 16.5. The van der Waals surface area contributed by atoms with Gasteiger partial charge >= 0.3 is 0 Å². The van der Waals surface area contributed by atoms with Crippen LogP contribution >= 0.6 is 0 Å². The molecule has 0 aromatic heterocycles. The standard InChI is InChI=1S/C15H27NO3/c1-18-11-12-19-10-9-16-8-3-2-6-14(16)13-5-4-7-15(13)17/h13-14H,2-12H2,1H3. The molecule has 1 aliphatic carbocycles. The van der Waals surface area contributed by atoms with Crippen LogP contribution in [0.1, 0.15) is 38.5 Å². The van der Waals surface area contributed by atoms with Gasteiger partial charge in [-0.05, 0) is 32.2 Å². The molecule has 1 saturated carbocycles. The summed E-state index contributed by atoms with van der Waals surface area (Å²) in [4.78, 5) is 14.5. The van der Waals surface area contributed by atoms with Gasteiger partial charge in [0.05, 0.1) is 19.8 Å². The number of Topliss-reactive ketones (excluding diaryl/α,β-unsaturated/α-hetero) is 1. The second-order valence-corrected chi connectivity index (χ2v) is 5.67. The molecule has 2 fully saturated rings. The van der Waals surface area contributed by atoms with E-state index >= 15 is 0 Å². The minimum atomic E-state index is 0.305. The Bertz CT molecular complexity index is 283. The summed E-state index contributed by atoms with van der Waals surface area (Å²) in [7, 11) is 1.69. The Kier molecular flexibility index (Phi) is 6.28. The van der Waals surface area contributed by atoms with Crippen molar-refractivity contribution in [2.45, 2.75) is 44.6 Å². The average molecular weight is 269 g/mol. The summed E-state index contributed by atoms with van der Waals surface area (Å²) in [6.45, 7) is 4.16. The summed E-state index contributed by atoms with van der Waals surface area (Å²) >= 11 is 0. The number of nitrogens with zero attached hydrogens (tertiary/aromatic N) is 1. The first-order chi connectivity index (χ1) is 9.33. The molecule has 0 N–H and O–H groups in total. The van der Waals surface area contributed by atoms with Crippen molar-refractivity contribution in [3.05, 3.63) is 0 Å². The summed E-state index contributed by atoms with van der Waals surface area (Å²) in [6, 6.07) is 0.481. The molecule has 2 unspecified atom stereocenters. The van der Waals surface area contributed by atoms with Crippen LogP contribution in [0.25, 0.3) is 0 Å². The second-order valence-electron chi connectivity index (χ2n) is 5.67. The Morgan fingerprint density at radius 2 is 2.05 bits per heavy atom. The van der Waals surface area contributed by atoms with Gasteiger partial charge in [-0.3, -0.25) is 9.69 Å². The van der Waals surface area contributed by atoms with E-state index in [0.717, 1.165) is 39.0 Å². The fourth-order valence-corrected chi connectivity index (χ4v) is 3.43. The van der Waals surface area contributed by atoms with E-state index in [-0.39, 0.29) is 0 Å². The summed E-state index contributed by atoms with van der Waals surface area (Å²) in [5.41, 5.74) is 0. The highest BCUT2D eigenvalue weighted by Gasteiger charge is 2.36. The predicted octanol–water partition coefficient (Wildman–Crippen LogP) is 1.87. The van der Waals surface area contributed by atoms with Gasteiger partial charge in [-0.1, -0.05) is 6.42 Å². The van der Waals surface area contributed by atoms with Crippen LogP contribution in [-0.2, 0) is 14.3 Å². The Morgan fingerprint density at radius 1 is 1.16 bits per heavy atom. The molecule has 4 heteroatoms. The first-order valence-electron chi connectivity index (χ1n) is 7.66. The molecule has 2 atom stereocenters. The van der Waals surface area contributed by atoms with Gasteiger partial charge in [-0.2, -0.15) is 0 Å². The zero-order chi connectivity index (χ0) is 13.5. The molecule has 110 valence electrons. The fourth-order valence-electron chi connectivity index (χ4n) is 3.43. The average Bonchev–Trinajstić information content (AvgIpc) is 2.85. The third kappa shape index (κ3) is 4.26. The quantitative estimate of drug-likeness (QED) is 0.661. The van der Waals surface area contributed by atoms with Crippen molar-refractivity contribution in [3.8, 4) is 0 Å². The normalized spacial score (nSPS) is 29.0. The lowest BCUT2D eigenvalue weighted by Gasteiger charge is -2.38. The smallest absolute Gasteiger partial charge is 0.137 e. The van der Waals surface area contributed by atoms with E-state index in [1.165, 1.54) is 19.3 Å². The van der Waals surface area contributed by atoms with Gasteiger partial charge in [0.15, 0.2) is 0 Å². The van der Waals surface area contributed by atoms with Crippen LogP contribution in [0, 0.1) is 5.92 Å². The summed E-state index contributed by atoms with van der Waals surface area (Å²) in [5.74, 6) is 0.802. The molecule has 2 rings (SSSR count). The molecule has 1 saturated heterocycles. The minimum absolute atomic E-state index is 0.305. The van der Waals surface area contributed by atoms with Crippen molar-refractivity contribution in [1.29, 1.82) is 0 Å². The SMILES string of the molecule is COCCOCCN1CCCCC1C1CCCC1=O. The Hall–Kier alpha value is -0.450. The number of piperidine rings is 1. The van der Waals surface area contributed by atoms with Gasteiger partial charge in [0.2, 0.25) is 0 Å². The van der Waals surface area contributed by atoms with Crippen molar-refractivity contribution in [2.24, 2.45) is 5.92 Å². The maximum Gasteiger partial charge on any atom is 0.137 e. The number of carbonyl (C=O) groups excluding carboxylic acids is 1. The van der Waals surface area contributed by atoms with Gasteiger partial charge in [0.1, 0.15) is 5.78 Å². The van der Waals surface area contributed by atoms with Gasteiger partial charge in [-0.15, -0.1) is 0 Å². The largest absolute Gasteiger partial charge is 0.382 e. The van der Waals surface area contributed by atoms with Crippen molar-refractivity contribution in [1.82, 2.24) is 4.90 Å². The maximum absolute atomic E-state index is 12.0. The predicted molar refractivity (Wildman–Crippen MR) is 74.3 cm³/mol. The van der Waals surface area contributed by atoms with Crippen LogP contribution < -0.4 is 0 Å². The number of likely N-dealkylation sites (tertiary alicyclic amines) is 1. The van der Waals surface area contributed by atoms with Crippen LogP contribution in [0.5, 0.6) is 0 Å². The van der Waals surface area contributed by atoms with Crippen molar-refractivity contribution < 1.29 is 14.3 Å². The first-order valence-corrected chi connectivity index (χ1v) is 7.66. The summed E-state index contributed by atoms with van der Waals surface area (Å²) < 4.78 is 10.5. The third-order valence-electron chi connectivity index (χ3n) is 4.44. The lowest BCUT2D eigenvalue weighted by atomic mass is 9.88. The number of ether oxygens (including phenoxy) is 2. The molecule has 1 heterocycles. The van der Waals surface area contributed by atoms with Crippen molar-refractivity contribution in [3.63, 3.8) is 0 Å². The molecule has 4 nitrogen and oxygen atoms in total. The van der Waals surface area contributed by atoms with E-state index in [9.17, 15) is 4.79 Å². The number of rotatable bonds is 7. The van der Waals surface area contributed by atoms with Crippen molar-refractivity contribution in [2.75, 3.05) is 40.0 Å². The fraction of sp³-hybridized carbons (Fsp3) is 0.933. The molecule has 19 heavy (non-hydrogen) atoms. The number of ketones is 1. The minimum Gasteiger partial charge on any atom is -0.382 e. The van der Waals surface area contributed by atoms with Crippen LogP contribution in [-0.4, -0.2) is 56.7 Å². The Balaban J connectivity index is 1.77. The van der Waals surface area contributed by atoms with Gasteiger partial charge < -0.3 is 9.47 Å². The molecule has 0 aromatic carbocycles. The molecule has 0 radical (unpaired) electrons. The molecule has 2 aliphatic rings. The highest BCUT2D eigenvalue weighted by Crippen LogP contribution is 2.32. The lowest BCUT2D eigenvalue weighted by Crippen LogP contribution is -2.46. The maximum atomic E-state index is 12.0. The number of carbonyl (C=O) groups is 1. The van der Waals surface area contributed by atoms with Gasteiger partial charge in [0, 0.05) is 32.0 Å². The topological polar surface area (TPSA) is 38.8 Å². The second kappa shape index (κ2) is 7.98. The molecule has 0 spiro atoms. The highest BCUT2D eigenvalue weighted by molar-refractivity contribution is 5.83. The molecule has 0 amide bonds. The zero-order valence-electron chi connectivity index (χ0n) is 12.1. The number of hydrogen-bond acceptors (Lipinski definition) is 4. The van der Waals surface area contributed by atoms with E-state index in [2.05, 4.69) is 4.90 Å². The van der Waals surface area contributed by atoms with Gasteiger partial charge in [-0.25, -0.2) is 0 Å². The monoisotopic (exact) mass is 269 g/mol. The number of methoxy groups -OCH3 is 1. The van der Waals surface area contributed by atoms with E-state index in [1.807, 2.05) is 0 Å². The lowest BCUT2D eigenvalue weighted by molar-refractivity contribution is -0.123. The molecule has 0 aromatic rings. The molecule has 1 aliphatic heterocycles. The molecular formula is C15H27NO3. The van der Waals surface area contributed by atoms with Crippen LogP contribution in [0.2, 0.25) is 0 Å². The summed E-state index contributed by atoms with van der Waals surface area (Å²) in [5, 5.41) is 0. The molecular weight excluding hydrogens is 242 g/mol. The first kappa shape index (κ1) is 14.9. The van der Waals surface area contributed by atoms with Gasteiger partial charge in [0.25, 0.3) is 0 Å². The van der Waals surface area contributed by atoms with E-state index in [1.54, 1.807) is 7.11 Å². The third-order valence-corrected chi connectivity index (χ3v) is 4.44. The summed E-state index contributed by atoms with van der Waals surface area (Å²) in [6.07, 6.45) is 6.72. The Morgan fingerprint density at radius 3 is 2.79 bits per heavy atom. The van der Waals surface area contributed by atoms with E-state index < -0.39 is 0 Å². The van der Waals surface area contributed by atoms with Crippen molar-refractivity contribution >= 4 is 5.78 Å². The van der Waals surface area contributed by atoms with Crippen LogP contribution in [0.15, 0.2) is 0 Å². The van der Waals surface area contributed by atoms with E-state index in [4.69, 9.17) is 9.47 Å². The zero-order valence-corrected chi connectivity index (χ0v) is 12.1. The number of hydrogen-bond donors (Lipinski definition) is 0. The van der Waals surface area contributed by atoms with E-state index in [0.29, 0.717) is 31.0 Å². The Labute approximate surface area is 116 Å². The van der Waals surface area contributed by atoms with Crippen LogP contribution in [0.3, 0.4) is 0 Å². The van der Waals surface area contributed by atoms with Crippen LogP contribution in [0.4, 0.5) is 0 Å². The molecule has 0 bridgehead atoms.